The van der Waals surface area contributed by atoms with Crippen molar-refractivity contribution in [2.24, 2.45) is 5.92 Å². The van der Waals surface area contributed by atoms with Crippen LogP contribution in [0.15, 0.2) is 0 Å². The van der Waals surface area contributed by atoms with Gasteiger partial charge in [0.25, 0.3) is 0 Å². The largest absolute Gasteiger partial charge is 0.381 e. The Bertz CT molecular complexity index is 163. The van der Waals surface area contributed by atoms with Gasteiger partial charge in [0, 0.05) is 31.8 Å². The number of hydrogen-bond donors (Lipinski definition) is 2. The van der Waals surface area contributed by atoms with Crippen LogP contribution in [0.25, 0.3) is 0 Å². The van der Waals surface area contributed by atoms with Crippen molar-refractivity contribution in [1.29, 1.82) is 0 Å². The Morgan fingerprint density at radius 1 is 1.29 bits per heavy atom. The van der Waals surface area contributed by atoms with Crippen molar-refractivity contribution < 1.29 is 4.74 Å². The maximum Gasteiger partial charge on any atom is 0.0469 e. The molecule has 82 valence electrons. The second-order valence-corrected chi connectivity index (χ2v) is 4.59. The summed E-state index contributed by atoms with van der Waals surface area (Å²) in [6.07, 6.45) is 3.75. The third-order valence-electron chi connectivity index (χ3n) is 3.53. The van der Waals surface area contributed by atoms with Crippen LogP contribution in [-0.4, -0.2) is 38.4 Å². The summed E-state index contributed by atoms with van der Waals surface area (Å²) in [5.41, 5.74) is 0. The van der Waals surface area contributed by atoms with Crippen LogP contribution in [0.3, 0.4) is 0 Å². The van der Waals surface area contributed by atoms with Gasteiger partial charge in [0.05, 0.1) is 0 Å². The molecule has 3 heteroatoms. The van der Waals surface area contributed by atoms with E-state index in [4.69, 9.17) is 4.74 Å². The van der Waals surface area contributed by atoms with Gasteiger partial charge in [-0.1, -0.05) is 0 Å². The van der Waals surface area contributed by atoms with Crippen molar-refractivity contribution in [3.63, 3.8) is 0 Å². The van der Waals surface area contributed by atoms with Crippen LogP contribution in [0.4, 0.5) is 0 Å². The van der Waals surface area contributed by atoms with E-state index in [1.807, 2.05) is 0 Å². The predicted molar refractivity (Wildman–Crippen MR) is 57.4 cm³/mol. The molecule has 0 spiro atoms. The normalized spacial score (nSPS) is 31.9. The second-order valence-electron chi connectivity index (χ2n) is 4.59. The zero-order valence-corrected chi connectivity index (χ0v) is 9.09. The number of ether oxygens (including phenoxy) is 1. The summed E-state index contributed by atoms with van der Waals surface area (Å²) in [5, 5.41) is 7.12. The molecule has 0 aromatic carbocycles. The van der Waals surface area contributed by atoms with Gasteiger partial charge in [-0.25, -0.2) is 0 Å². The zero-order valence-electron chi connectivity index (χ0n) is 9.09. The summed E-state index contributed by atoms with van der Waals surface area (Å²) in [5.74, 6) is 0.823. The Labute approximate surface area is 86.6 Å². The molecule has 2 heterocycles. The highest BCUT2D eigenvalue weighted by Gasteiger charge is 2.23. The summed E-state index contributed by atoms with van der Waals surface area (Å²) in [4.78, 5) is 0. The fourth-order valence-electron chi connectivity index (χ4n) is 2.52. The molecule has 0 aromatic heterocycles. The zero-order chi connectivity index (χ0) is 9.80. The minimum absolute atomic E-state index is 0.656. The van der Waals surface area contributed by atoms with Gasteiger partial charge in [0.2, 0.25) is 0 Å². The molecule has 2 rings (SSSR count). The van der Waals surface area contributed by atoms with E-state index in [0.29, 0.717) is 12.1 Å². The van der Waals surface area contributed by atoms with Crippen LogP contribution in [0.1, 0.15) is 26.2 Å². The standard InChI is InChI=1S/C11H22N2O/c1-9(10-3-6-14-7-4-10)13-11-2-5-12-8-11/h9-13H,2-8H2,1H3. The van der Waals surface area contributed by atoms with Crippen molar-refractivity contribution in [1.82, 2.24) is 10.6 Å². The van der Waals surface area contributed by atoms with Crippen molar-refractivity contribution in [2.45, 2.75) is 38.3 Å². The van der Waals surface area contributed by atoms with Gasteiger partial charge >= 0.3 is 0 Å². The third kappa shape index (κ3) is 2.69. The van der Waals surface area contributed by atoms with Crippen LogP contribution in [-0.2, 0) is 4.74 Å². The molecule has 0 saturated carbocycles. The maximum atomic E-state index is 5.38. The molecular formula is C11H22N2O. The summed E-state index contributed by atoms with van der Waals surface area (Å²) in [6.45, 7) is 6.57. The minimum atomic E-state index is 0.656. The minimum Gasteiger partial charge on any atom is -0.381 e. The van der Waals surface area contributed by atoms with Gasteiger partial charge in [-0.05, 0) is 38.6 Å². The Kier molecular flexibility index (Phi) is 3.79. The first-order chi connectivity index (χ1) is 6.86. The van der Waals surface area contributed by atoms with Crippen molar-refractivity contribution in [3.05, 3.63) is 0 Å². The molecule has 0 bridgehead atoms. The monoisotopic (exact) mass is 198 g/mol. The van der Waals surface area contributed by atoms with E-state index >= 15 is 0 Å². The highest BCUT2D eigenvalue weighted by atomic mass is 16.5. The molecule has 0 amide bonds. The fraction of sp³-hybridized carbons (Fsp3) is 1.00. The highest BCUT2D eigenvalue weighted by Crippen LogP contribution is 2.19. The Morgan fingerprint density at radius 2 is 2.07 bits per heavy atom. The molecule has 2 fully saturated rings. The molecule has 3 nitrogen and oxygen atoms in total. The molecule has 0 aliphatic carbocycles. The fourth-order valence-corrected chi connectivity index (χ4v) is 2.52. The molecule has 0 aromatic rings. The van der Waals surface area contributed by atoms with Crippen LogP contribution < -0.4 is 10.6 Å². The summed E-state index contributed by atoms with van der Waals surface area (Å²) >= 11 is 0. The molecule has 2 aliphatic heterocycles. The van der Waals surface area contributed by atoms with Crippen LogP contribution in [0, 0.1) is 5.92 Å². The van der Waals surface area contributed by atoms with Gasteiger partial charge in [0.1, 0.15) is 0 Å². The topological polar surface area (TPSA) is 33.3 Å². The molecule has 2 atom stereocenters. The SMILES string of the molecule is CC(NC1CCNC1)C1CCOCC1. The lowest BCUT2D eigenvalue weighted by Gasteiger charge is -2.30. The van der Waals surface area contributed by atoms with E-state index in [1.165, 1.54) is 25.8 Å². The third-order valence-corrected chi connectivity index (χ3v) is 3.53. The molecule has 14 heavy (non-hydrogen) atoms. The molecule has 0 radical (unpaired) electrons. The van der Waals surface area contributed by atoms with Gasteiger partial charge < -0.3 is 15.4 Å². The van der Waals surface area contributed by atoms with Gasteiger partial charge in [0.15, 0.2) is 0 Å². The summed E-state index contributed by atoms with van der Waals surface area (Å²) in [7, 11) is 0. The van der Waals surface area contributed by atoms with Crippen molar-refractivity contribution in [2.75, 3.05) is 26.3 Å². The van der Waals surface area contributed by atoms with E-state index in [0.717, 1.165) is 25.7 Å². The van der Waals surface area contributed by atoms with Crippen LogP contribution >= 0.6 is 0 Å². The Morgan fingerprint density at radius 3 is 2.71 bits per heavy atom. The lowest BCUT2D eigenvalue weighted by atomic mass is 9.92. The maximum absolute atomic E-state index is 5.38. The van der Waals surface area contributed by atoms with Gasteiger partial charge in [-0.2, -0.15) is 0 Å². The quantitative estimate of drug-likeness (QED) is 0.702. The number of rotatable bonds is 3. The Balaban J connectivity index is 1.72. The first-order valence-corrected chi connectivity index (χ1v) is 5.91. The van der Waals surface area contributed by atoms with Crippen molar-refractivity contribution in [3.8, 4) is 0 Å². The highest BCUT2D eigenvalue weighted by molar-refractivity contribution is 4.83. The predicted octanol–water partition coefficient (Wildman–Crippen LogP) is 0.753. The summed E-state index contributed by atoms with van der Waals surface area (Å²) < 4.78 is 5.38. The van der Waals surface area contributed by atoms with E-state index in [2.05, 4.69) is 17.6 Å². The van der Waals surface area contributed by atoms with Gasteiger partial charge in [-0.15, -0.1) is 0 Å². The molecule has 2 unspecified atom stereocenters. The number of hydrogen-bond acceptors (Lipinski definition) is 3. The molecule has 2 N–H and O–H groups in total. The first-order valence-electron chi connectivity index (χ1n) is 5.91. The molecular weight excluding hydrogens is 176 g/mol. The lowest BCUT2D eigenvalue weighted by molar-refractivity contribution is 0.0547. The van der Waals surface area contributed by atoms with E-state index in [-0.39, 0.29) is 0 Å². The summed E-state index contributed by atoms with van der Waals surface area (Å²) in [6, 6.07) is 1.36. The van der Waals surface area contributed by atoms with Crippen LogP contribution in [0.2, 0.25) is 0 Å². The first kappa shape index (κ1) is 10.4. The molecule has 2 aliphatic rings. The van der Waals surface area contributed by atoms with E-state index in [9.17, 15) is 0 Å². The lowest BCUT2D eigenvalue weighted by Crippen LogP contribution is -2.43. The van der Waals surface area contributed by atoms with Gasteiger partial charge in [-0.3, -0.25) is 0 Å². The van der Waals surface area contributed by atoms with Crippen molar-refractivity contribution >= 4 is 0 Å². The molecule has 2 saturated heterocycles. The average molecular weight is 198 g/mol. The van der Waals surface area contributed by atoms with E-state index < -0.39 is 0 Å². The van der Waals surface area contributed by atoms with E-state index in [1.54, 1.807) is 0 Å². The number of nitrogens with one attached hydrogen (secondary N) is 2. The smallest absolute Gasteiger partial charge is 0.0469 e. The second kappa shape index (κ2) is 5.10. The van der Waals surface area contributed by atoms with Crippen LogP contribution in [0.5, 0.6) is 0 Å². The average Bonchev–Trinajstić information content (AvgIpc) is 2.72. The Hall–Kier alpha value is -0.120.